The highest BCUT2D eigenvalue weighted by Crippen LogP contribution is 2.46. The Morgan fingerprint density at radius 1 is 1.12 bits per heavy atom. The lowest BCUT2D eigenvalue weighted by Crippen LogP contribution is -2.37. The van der Waals surface area contributed by atoms with Crippen LogP contribution in [0.3, 0.4) is 0 Å². The van der Waals surface area contributed by atoms with Crippen molar-refractivity contribution in [1.82, 2.24) is 10.3 Å². The molecule has 0 saturated heterocycles. The summed E-state index contributed by atoms with van der Waals surface area (Å²) in [5, 5.41) is 7.57. The molecule has 3 amide bonds. The summed E-state index contributed by atoms with van der Waals surface area (Å²) in [6.07, 6.45) is 3.91. The van der Waals surface area contributed by atoms with Crippen molar-refractivity contribution >= 4 is 29.0 Å². The number of urea groups is 1. The van der Waals surface area contributed by atoms with Crippen LogP contribution in [0.5, 0.6) is 0 Å². The number of aromatic nitrogens is 1. The fourth-order valence-electron chi connectivity index (χ4n) is 4.95. The summed E-state index contributed by atoms with van der Waals surface area (Å²) in [6, 6.07) is 5.77. The molecule has 42 heavy (non-hydrogen) atoms. The van der Waals surface area contributed by atoms with Crippen LogP contribution in [0.4, 0.5) is 33.9 Å². The minimum Gasteiger partial charge on any atom is -0.338 e. The molecule has 1 saturated carbocycles. The molecule has 224 valence electrons. The van der Waals surface area contributed by atoms with Crippen LogP contribution < -0.4 is 16.0 Å². The average molecular weight is 585 g/mol. The predicted molar refractivity (Wildman–Crippen MR) is 156 cm³/mol. The Morgan fingerprint density at radius 2 is 1.83 bits per heavy atom. The molecule has 0 bridgehead atoms. The summed E-state index contributed by atoms with van der Waals surface area (Å²) in [5.41, 5.74) is 3.24. The van der Waals surface area contributed by atoms with E-state index in [1.54, 1.807) is 19.2 Å². The number of allylic oxidation sites excluding steroid dienone is 5. The molecule has 1 atom stereocenters. The molecule has 0 spiro atoms. The van der Waals surface area contributed by atoms with Gasteiger partial charge in [0.25, 0.3) is 0 Å². The van der Waals surface area contributed by atoms with Gasteiger partial charge in [0.1, 0.15) is 11.6 Å². The first-order valence-electron chi connectivity index (χ1n) is 13.9. The van der Waals surface area contributed by atoms with Gasteiger partial charge in [-0.15, -0.1) is 0 Å². The van der Waals surface area contributed by atoms with Crippen molar-refractivity contribution in [2.24, 2.45) is 11.3 Å². The SMILES string of the molecule is C=C1CC(C2CC2)=CC(c2cc(NC(=O)NCCC(C)(C)C(F)(F)F)c(F)cc2C)=CC1c1ccnc(NC(C)=O)c1. The molecule has 1 aromatic heterocycles. The fraction of sp³-hybridized carbons (Fsp3) is 0.406. The lowest BCUT2D eigenvalue weighted by molar-refractivity contribution is -0.213. The van der Waals surface area contributed by atoms with E-state index in [4.69, 9.17) is 0 Å². The van der Waals surface area contributed by atoms with Crippen LogP contribution in [0.2, 0.25) is 0 Å². The van der Waals surface area contributed by atoms with Gasteiger partial charge in [0.05, 0.1) is 11.1 Å². The minimum atomic E-state index is -4.41. The van der Waals surface area contributed by atoms with E-state index in [1.807, 2.05) is 18.2 Å². The first-order chi connectivity index (χ1) is 19.6. The fourth-order valence-corrected chi connectivity index (χ4v) is 4.95. The number of aryl methyl sites for hydroxylation is 1. The smallest absolute Gasteiger partial charge is 0.338 e. The molecule has 10 heteroatoms. The number of amides is 3. The van der Waals surface area contributed by atoms with Crippen molar-refractivity contribution < 1.29 is 27.2 Å². The standard InChI is InChI=1S/C32H36F4N4O2/c1-18-12-23(21-6-7-21)14-24(15-25(18)22-8-10-37-29(16-22)39-20(3)41)26-17-28(27(33)13-19(26)2)40-30(42)38-11-9-31(4,5)32(34,35)36/h8,10,13-17,21,25H,1,6-7,9,11-12H2,2-5H3,(H,37,39,41)(H2,38,40,42). The zero-order chi connectivity index (χ0) is 30.8. The van der Waals surface area contributed by atoms with E-state index in [2.05, 4.69) is 33.6 Å². The molecule has 2 aliphatic carbocycles. The van der Waals surface area contributed by atoms with E-state index < -0.39 is 23.4 Å². The van der Waals surface area contributed by atoms with Gasteiger partial charge in [-0.05, 0) is 85.1 Å². The van der Waals surface area contributed by atoms with Gasteiger partial charge in [0.15, 0.2) is 0 Å². The second-order valence-electron chi connectivity index (χ2n) is 11.7. The Balaban J connectivity index is 1.63. The number of carbonyl (C=O) groups is 2. The quantitative estimate of drug-likeness (QED) is 0.217. The van der Waals surface area contributed by atoms with E-state index in [-0.39, 0.29) is 30.5 Å². The highest BCUT2D eigenvalue weighted by molar-refractivity contribution is 5.91. The molecule has 1 aromatic carbocycles. The molecule has 3 N–H and O–H groups in total. The molecular formula is C32H36F4N4O2. The monoisotopic (exact) mass is 584 g/mol. The Labute approximate surface area is 243 Å². The lowest BCUT2D eigenvalue weighted by atomic mass is 9.88. The normalized spacial score (nSPS) is 17.6. The molecule has 0 aliphatic heterocycles. The van der Waals surface area contributed by atoms with Gasteiger partial charge < -0.3 is 16.0 Å². The van der Waals surface area contributed by atoms with Crippen molar-refractivity contribution in [3.8, 4) is 0 Å². The maximum Gasteiger partial charge on any atom is 0.394 e. The van der Waals surface area contributed by atoms with Crippen LogP contribution in [0, 0.1) is 24.1 Å². The number of anilines is 2. The largest absolute Gasteiger partial charge is 0.394 e. The van der Waals surface area contributed by atoms with Gasteiger partial charge in [-0.3, -0.25) is 4.79 Å². The van der Waals surface area contributed by atoms with E-state index in [0.29, 0.717) is 29.3 Å². The van der Waals surface area contributed by atoms with E-state index in [0.717, 1.165) is 43.4 Å². The first-order valence-corrected chi connectivity index (χ1v) is 13.9. The molecule has 6 nitrogen and oxygen atoms in total. The molecule has 1 unspecified atom stereocenters. The molecule has 2 aromatic rings. The van der Waals surface area contributed by atoms with Crippen LogP contribution in [0.15, 0.2) is 60.3 Å². The average Bonchev–Trinajstić information content (AvgIpc) is 3.72. The van der Waals surface area contributed by atoms with Crippen molar-refractivity contribution in [2.75, 3.05) is 17.2 Å². The molecule has 2 aliphatic rings. The maximum atomic E-state index is 15.0. The molecule has 0 radical (unpaired) electrons. The minimum absolute atomic E-state index is 0.0815. The zero-order valence-corrected chi connectivity index (χ0v) is 24.2. The van der Waals surface area contributed by atoms with Gasteiger partial charge in [-0.25, -0.2) is 14.2 Å². The molecule has 1 heterocycles. The second-order valence-corrected chi connectivity index (χ2v) is 11.7. The lowest BCUT2D eigenvalue weighted by Gasteiger charge is -2.27. The van der Waals surface area contributed by atoms with Crippen LogP contribution in [-0.4, -0.2) is 29.6 Å². The van der Waals surface area contributed by atoms with Crippen LogP contribution in [-0.2, 0) is 4.79 Å². The Kier molecular flexibility index (Phi) is 8.94. The van der Waals surface area contributed by atoms with Crippen LogP contribution >= 0.6 is 0 Å². The number of pyridine rings is 1. The number of rotatable bonds is 8. The highest BCUT2D eigenvalue weighted by atomic mass is 19.4. The summed E-state index contributed by atoms with van der Waals surface area (Å²) in [5.74, 6) is -0.233. The third kappa shape index (κ3) is 7.46. The predicted octanol–water partition coefficient (Wildman–Crippen LogP) is 8.05. The molecular weight excluding hydrogens is 548 g/mol. The Morgan fingerprint density at radius 3 is 2.48 bits per heavy atom. The highest BCUT2D eigenvalue weighted by Gasteiger charge is 2.46. The van der Waals surface area contributed by atoms with Crippen LogP contribution in [0.1, 0.15) is 69.1 Å². The third-order valence-corrected chi connectivity index (χ3v) is 7.78. The number of hydrogen-bond acceptors (Lipinski definition) is 3. The van der Waals surface area contributed by atoms with Gasteiger partial charge in [-0.1, -0.05) is 43.7 Å². The van der Waals surface area contributed by atoms with Gasteiger partial charge in [0, 0.05) is 25.6 Å². The summed E-state index contributed by atoms with van der Waals surface area (Å²) in [4.78, 5) is 28.3. The van der Waals surface area contributed by atoms with Gasteiger partial charge in [-0.2, -0.15) is 13.2 Å². The number of halogens is 4. The van der Waals surface area contributed by atoms with Crippen molar-refractivity contribution in [3.63, 3.8) is 0 Å². The third-order valence-electron chi connectivity index (χ3n) is 7.78. The topological polar surface area (TPSA) is 83.1 Å². The number of hydrogen-bond donors (Lipinski definition) is 3. The van der Waals surface area contributed by atoms with E-state index >= 15 is 0 Å². The zero-order valence-electron chi connectivity index (χ0n) is 24.2. The second kappa shape index (κ2) is 12.1. The van der Waals surface area contributed by atoms with E-state index in [9.17, 15) is 27.2 Å². The molecule has 1 fully saturated rings. The van der Waals surface area contributed by atoms with Gasteiger partial charge >= 0.3 is 12.2 Å². The number of alkyl halides is 3. The summed E-state index contributed by atoms with van der Waals surface area (Å²) >= 11 is 0. The Hall–Kier alpha value is -3.95. The van der Waals surface area contributed by atoms with Crippen molar-refractivity contribution in [1.29, 1.82) is 0 Å². The summed E-state index contributed by atoms with van der Waals surface area (Å²) < 4.78 is 54.4. The van der Waals surface area contributed by atoms with Crippen LogP contribution in [0.25, 0.3) is 5.57 Å². The van der Waals surface area contributed by atoms with Crippen molar-refractivity contribution in [2.45, 2.75) is 65.5 Å². The van der Waals surface area contributed by atoms with E-state index in [1.165, 1.54) is 18.6 Å². The van der Waals surface area contributed by atoms with Crippen molar-refractivity contribution in [3.05, 3.63) is 82.8 Å². The number of nitrogens with zero attached hydrogens (tertiary/aromatic N) is 1. The molecule has 4 rings (SSSR count). The summed E-state index contributed by atoms with van der Waals surface area (Å²) in [6.45, 7) is 9.47. The maximum absolute atomic E-state index is 15.0. The number of carbonyl (C=O) groups excluding carboxylic acids is 2. The first kappa shape index (κ1) is 31.0. The van der Waals surface area contributed by atoms with Gasteiger partial charge in [0.2, 0.25) is 5.91 Å². The Bertz CT molecular complexity index is 1450. The number of nitrogens with one attached hydrogen (secondary N) is 3. The number of benzene rings is 1. The summed E-state index contributed by atoms with van der Waals surface area (Å²) in [7, 11) is 0.